The van der Waals surface area contributed by atoms with Gasteiger partial charge in [0.25, 0.3) is 0 Å². The second-order valence-electron chi connectivity index (χ2n) is 4.46. The van der Waals surface area contributed by atoms with Gasteiger partial charge >= 0.3 is 6.09 Å². The van der Waals surface area contributed by atoms with Crippen molar-refractivity contribution in [3.63, 3.8) is 0 Å². The third-order valence-corrected chi connectivity index (χ3v) is 3.51. The molecular weight excluding hydrogens is 194 g/mol. The highest BCUT2D eigenvalue weighted by Gasteiger charge is 2.40. The fraction of sp³-hybridized carbons (Fsp3) is 0.909. The van der Waals surface area contributed by atoms with Crippen LogP contribution in [0.3, 0.4) is 0 Å². The van der Waals surface area contributed by atoms with Gasteiger partial charge in [0.1, 0.15) is 6.10 Å². The van der Waals surface area contributed by atoms with Crippen molar-refractivity contribution < 1.29 is 14.3 Å². The molecule has 0 bridgehead atoms. The number of rotatable bonds is 2. The summed E-state index contributed by atoms with van der Waals surface area (Å²) in [5, 5.41) is 0. The SMILES string of the molecule is CO[C@H]1CN(C(=O)OC2CCCC2)[C@@H]1C. The van der Waals surface area contributed by atoms with Crippen molar-refractivity contribution >= 4 is 6.09 Å². The molecule has 0 radical (unpaired) electrons. The van der Waals surface area contributed by atoms with Crippen LogP contribution in [0.1, 0.15) is 32.6 Å². The van der Waals surface area contributed by atoms with E-state index in [1.165, 1.54) is 12.8 Å². The van der Waals surface area contributed by atoms with Crippen LogP contribution in [0.2, 0.25) is 0 Å². The minimum Gasteiger partial charge on any atom is -0.446 e. The Labute approximate surface area is 90.5 Å². The van der Waals surface area contributed by atoms with Gasteiger partial charge in [-0.3, -0.25) is 0 Å². The van der Waals surface area contributed by atoms with Gasteiger partial charge in [0.05, 0.1) is 18.7 Å². The molecule has 15 heavy (non-hydrogen) atoms. The van der Waals surface area contributed by atoms with E-state index in [9.17, 15) is 4.79 Å². The molecule has 1 heterocycles. The molecule has 0 unspecified atom stereocenters. The first-order valence-electron chi connectivity index (χ1n) is 5.72. The van der Waals surface area contributed by atoms with E-state index in [1.54, 1.807) is 12.0 Å². The quantitative estimate of drug-likeness (QED) is 0.702. The summed E-state index contributed by atoms with van der Waals surface area (Å²) >= 11 is 0. The molecular formula is C11H19NO3. The van der Waals surface area contributed by atoms with E-state index in [1.807, 2.05) is 6.92 Å². The highest BCUT2D eigenvalue weighted by Crippen LogP contribution is 2.25. The van der Waals surface area contributed by atoms with Crippen LogP contribution in [0.4, 0.5) is 4.79 Å². The highest BCUT2D eigenvalue weighted by molar-refractivity contribution is 5.69. The zero-order valence-electron chi connectivity index (χ0n) is 9.44. The molecule has 0 N–H and O–H groups in total. The van der Waals surface area contributed by atoms with E-state index in [-0.39, 0.29) is 24.3 Å². The second-order valence-corrected chi connectivity index (χ2v) is 4.46. The summed E-state index contributed by atoms with van der Waals surface area (Å²) in [5.74, 6) is 0. The first kappa shape index (κ1) is 10.7. The minimum absolute atomic E-state index is 0.156. The van der Waals surface area contributed by atoms with E-state index < -0.39 is 0 Å². The maximum Gasteiger partial charge on any atom is 0.410 e. The number of nitrogens with zero attached hydrogens (tertiary/aromatic N) is 1. The summed E-state index contributed by atoms with van der Waals surface area (Å²) < 4.78 is 10.6. The number of hydrogen-bond donors (Lipinski definition) is 0. The van der Waals surface area contributed by atoms with Crippen molar-refractivity contribution in [1.82, 2.24) is 4.90 Å². The van der Waals surface area contributed by atoms with Crippen LogP contribution < -0.4 is 0 Å². The lowest BCUT2D eigenvalue weighted by atomic mass is 10.0. The predicted molar refractivity (Wildman–Crippen MR) is 55.7 cm³/mol. The van der Waals surface area contributed by atoms with Crippen molar-refractivity contribution in [2.24, 2.45) is 0 Å². The summed E-state index contributed by atoms with van der Waals surface area (Å²) in [5.41, 5.74) is 0. The summed E-state index contributed by atoms with van der Waals surface area (Å²) in [6.07, 6.45) is 4.61. The van der Waals surface area contributed by atoms with Crippen LogP contribution in [0.15, 0.2) is 0 Å². The Hall–Kier alpha value is -0.770. The first-order valence-corrected chi connectivity index (χ1v) is 5.72. The molecule has 1 aliphatic carbocycles. The van der Waals surface area contributed by atoms with E-state index in [4.69, 9.17) is 9.47 Å². The first-order chi connectivity index (χ1) is 7.22. The fourth-order valence-electron chi connectivity index (χ4n) is 2.30. The van der Waals surface area contributed by atoms with Crippen LogP contribution in [0.5, 0.6) is 0 Å². The molecule has 86 valence electrons. The zero-order valence-corrected chi connectivity index (χ0v) is 9.44. The number of likely N-dealkylation sites (tertiary alicyclic amines) is 1. The molecule has 2 fully saturated rings. The normalized spacial score (nSPS) is 31.5. The number of ether oxygens (including phenoxy) is 2. The summed E-state index contributed by atoms with van der Waals surface area (Å²) in [4.78, 5) is 13.4. The number of amides is 1. The topological polar surface area (TPSA) is 38.8 Å². The lowest BCUT2D eigenvalue weighted by molar-refractivity contribution is -0.0735. The molecule has 4 nitrogen and oxygen atoms in total. The molecule has 4 heteroatoms. The monoisotopic (exact) mass is 213 g/mol. The molecule has 2 aliphatic rings. The number of carbonyl (C=O) groups is 1. The largest absolute Gasteiger partial charge is 0.446 e. The maximum absolute atomic E-state index is 11.7. The second kappa shape index (κ2) is 4.39. The van der Waals surface area contributed by atoms with Crippen molar-refractivity contribution in [1.29, 1.82) is 0 Å². The molecule has 1 amide bonds. The highest BCUT2D eigenvalue weighted by atomic mass is 16.6. The molecule has 2 atom stereocenters. The molecule has 2 rings (SSSR count). The molecule has 0 aromatic carbocycles. The van der Waals surface area contributed by atoms with E-state index in [0.29, 0.717) is 6.54 Å². The Morgan fingerprint density at radius 2 is 2.00 bits per heavy atom. The van der Waals surface area contributed by atoms with E-state index in [2.05, 4.69) is 0 Å². The van der Waals surface area contributed by atoms with Crippen LogP contribution in [0.25, 0.3) is 0 Å². The van der Waals surface area contributed by atoms with Crippen LogP contribution in [0, 0.1) is 0 Å². The van der Waals surface area contributed by atoms with Gasteiger partial charge in [0.2, 0.25) is 0 Å². The molecule has 0 aromatic heterocycles. The van der Waals surface area contributed by atoms with Crippen LogP contribution in [-0.2, 0) is 9.47 Å². The van der Waals surface area contributed by atoms with Crippen LogP contribution >= 0.6 is 0 Å². The van der Waals surface area contributed by atoms with Gasteiger partial charge in [-0.25, -0.2) is 4.79 Å². The van der Waals surface area contributed by atoms with Crippen molar-refractivity contribution in [2.45, 2.75) is 50.9 Å². The van der Waals surface area contributed by atoms with E-state index in [0.717, 1.165) is 12.8 Å². The average molecular weight is 213 g/mol. The summed E-state index contributed by atoms with van der Waals surface area (Å²) in [6.45, 7) is 2.66. The number of hydrogen-bond acceptors (Lipinski definition) is 3. The van der Waals surface area contributed by atoms with Gasteiger partial charge in [-0.05, 0) is 32.6 Å². The molecule has 0 spiro atoms. The van der Waals surface area contributed by atoms with Crippen molar-refractivity contribution in [3.8, 4) is 0 Å². The molecule has 1 saturated heterocycles. The van der Waals surface area contributed by atoms with Crippen LogP contribution in [-0.4, -0.2) is 42.9 Å². The Kier molecular flexibility index (Phi) is 3.14. The Morgan fingerprint density at radius 3 is 2.53 bits per heavy atom. The summed E-state index contributed by atoms with van der Waals surface area (Å²) in [7, 11) is 1.68. The van der Waals surface area contributed by atoms with E-state index >= 15 is 0 Å². The van der Waals surface area contributed by atoms with Gasteiger partial charge < -0.3 is 14.4 Å². The third-order valence-electron chi connectivity index (χ3n) is 3.51. The predicted octanol–water partition coefficient (Wildman–Crippen LogP) is 1.78. The Balaban J connectivity index is 1.77. The number of methoxy groups -OCH3 is 1. The Bertz CT molecular complexity index is 238. The average Bonchev–Trinajstić information content (AvgIpc) is 2.69. The number of carbonyl (C=O) groups excluding carboxylic acids is 1. The van der Waals surface area contributed by atoms with Crippen molar-refractivity contribution in [2.75, 3.05) is 13.7 Å². The van der Waals surface area contributed by atoms with Gasteiger partial charge in [0, 0.05) is 7.11 Å². The fourth-order valence-corrected chi connectivity index (χ4v) is 2.30. The van der Waals surface area contributed by atoms with Gasteiger partial charge in [-0.15, -0.1) is 0 Å². The lowest BCUT2D eigenvalue weighted by Gasteiger charge is -2.44. The summed E-state index contributed by atoms with van der Waals surface area (Å²) in [6, 6.07) is 0.156. The molecule has 1 saturated carbocycles. The smallest absolute Gasteiger partial charge is 0.410 e. The molecule has 1 aliphatic heterocycles. The lowest BCUT2D eigenvalue weighted by Crippen LogP contribution is -2.61. The zero-order chi connectivity index (χ0) is 10.8. The Morgan fingerprint density at radius 1 is 1.33 bits per heavy atom. The van der Waals surface area contributed by atoms with Crippen molar-refractivity contribution in [3.05, 3.63) is 0 Å². The molecule has 0 aromatic rings. The van der Waals surface area contributed by atoms with Gasteiger partial charge in [-0.2, -0.15) is 0 Å². The maximum atomic E-state index is 11.7. The van der Waals surface area contributed by atoms with Gasteiger partial charge in [0.15, 0.2) is 0 Å². The standard InChI is InChI=1S/C11H19NO3/c1-8-10(14-2)7-12(8)11(13)15-9-5-3-4-6-9/h8-10H,3-7H2,1-2H3/t8-,10+/m1/s1. The van der Waals surface area contributed by atoms with Gasteiger partial charge in [-0.1, -0.05) is 0 Å². The third kappa shape index (κ3) is 2.09. The minimum atomic E-state index is -0.164.